The standard InChI is InChI=1S/C22H19ClF/c23-21-8-4-7-18(16-21)15-20(19-11-13-22(24)14-12-19)10-9-17-5-2-1-3-6-17/h1-8,11-14,16H,9-10,15H2. The van der Waals surface area contributed by atoms with E-state index in [0.717, 1.165) is 29.8 Å². The van der Waals surface area contributed by atoms with Crippen molar-refractivity contribution < 1.29 is 4.39 Å². The molecule has 24 heavy (non-hydrogen) atoms. The lowest BCUT2D eigenvalue weighted by molar-refractivity contribution is 0.627. The first kappa shape index (κ1) is 16.7. The van der Waals surface area contributed by atoms with Gasteiger partial charge in [-0.2, -0.15) is 0 Å². The van der Waals surface area contributed by atoms with Gasteiger partial charge >= 0.3 is 0 Å². The Morgan fingerprint density at radius 1 is 0.792 bits per heavy atom. The van der Waals surface area contributed by atoms with Crippen LogP contribution in [0.5, 0.6) is 0 Å². The zero-order chi connectivity index (χ0) is 16.8. The minimum atomic E-state index is -0.205. The number of rotatable bonds is 6. The summed E-state index contributed by atoms with van der Waals surface area (Å²) in [5.41, 5.74) is 3.57. The molecule has 0 heterocycles. The zero-order valence-electron chi connectivity index (χ0n) is 13.4. The molecule has 0 aliphatic carbocycles. The van der Waals surface area contributed by atoms with Crippen molar-refractivity contribution in [2.45, 2.75) is 19.3 Å². The van der Waals surface area contributed by atoms with Crippen molar-refractivity contribution in [3.63, 3.8) is 0 Å². The van der Waals surface area contributed by atoms with Crippen molar-refractivity contribution in [2.75, 3.05) is 0 Å². The Hall–Kier alpha value is -2.12. The number of hydrogen-bond acceptors (Lipinski definition) is 0. The average molecular weight is 338 g/mol. The second-order valence-electron chi connectivity index (χ2n) is 5.90. The van der Waals surface area contributed by atoms with Crippen LogP contribution >= 0.6 is 11.6 Å². The topological polar surface area (TPSA) is 0 Å². The molecule has 0 atom stereocenters. The van der Waals surface area contributed by atoms with E-state index in [1.54, 1.807) is 0 Å². The van der Waals surface area contributed by atoms with Crippen LogP contribution in [-0.2, 0) is 12.8 Å². The summed E-state index contributed by atoms with van der Waals surface area (Å²) in [6, 6.07) is 25.1. The Bertz CT molecular complexity index is 765. The molecule has 121 valence electrons. The van der Waals surface area contributed by atoms with Crippen LogP contribution in [-0.4, -0.2) is 0 Å². The van der Waals surface area contributed by atoms with Crippen LogP contribution in [0.2, 0.25) is 5.02 Å². The van der Waals surface area contributed by atoms with Gasteiger partial charge in [0, 0.05) is 10.9 Å². The Morgan fingerprint density at radius 3 is 2.21 bits per heavy atom. The van der Waals surface area contributed by atoms with E-state index in [0.29, 0.717) is 0 Å². The maximum absolute atomic E-state index is 13.3. The number of hydrogen-bond donors (Lipinski definition) is 0. The van der Waals surface area contributed by atoms with E-state index in [2.05, 4.69) is 30.3 Å². The van der Waals surface area contributed by atoms with Gasteiger partial charge in [0.05, 0.1) is 0 Å². The molecule has 0 bridgehead atoms. The van der Waals surface area contributed by atoms with Crippen molar-refractivity contribution in [3.05, 3.63) is 112 Å². The molecule has 0 saturated heterocycles. The predicted octanol–water partition coefficient (Wildman–Crippen LogP) is 6.28. The first-order valence-corrected chi connectivity index (χ1v) is 8.47. The molecule has 3 rings (SSSR count). The maximum Gasteiger partial charge on any atom is 0.123 e. The van der Waals surface area contributed by atoms with Crippen molar-refractivity contribution in [1.82, 2.24) is 0 Å². The first-order valence-electron chi connectivity index (χ1n) is 8.10. The van der Waals surface area contributed by atoms with Crippen LogP contribution in [0, 0.1) is 11.7 Å². The second-order valence-corrected chi connectivity index (χ2v) is 6.34. The van der Waals surface area contributed by atoms with Crippen molar-refractivity contribution >= 4 is 11.6 Å². The van der Waals surface area contributed by atoms with E-state index in [4.69, 9.17) is 11.6 Å². The molecule has 0 fully saturated rings. The van der Waals surface area contributed by atoms with Gasteiger partial charge in [0.2, 0.25) is 0 Å². The summed E-state index contributed by atoms with van der Waals surface area (Å²) >= 11 is 6.11. The summed E-state index contributed by atoms with van der Waals surface area (Å²) < 4.78 is 13.3. The smallest absolute Gasteiger partial charge is 0.123 e. The highest BCUT2D eigenvalue weighted by Gasteiger charge is 2.14. The number of aryl methyl sites for hydroxylation is 1. The average Bonchev–Trinajstić information content (AvgIpc) is 2.60. The molecule has 2 heteroatoms. The van der Waals surface area contributed by atoms with Gasteiger partial charge in [-0.15, -0.1) is 0 Å². The number of benzene rings is 3. The Balaban J connectivity index is 1.78. The third-order valence-electron chi connectivity index (χ3n) is 4.12. The molecule has 3 aromatic carbocycles. The largest absolute Gasteiger partial charge is 0.207 e. The molecule has 1 radical (unpaired) electrons. The van der Waals surface area contributed by atoms with Gasteiger partial charge in [-0.25, -0.2) is 4.39 Å². The van der Waals surface area contributed by atoms with Gasteiger partial charge in [0.25, 0.3) is 0 Å². The molecule has 0 spiro atoms. The molecule has 0 aromatic heterocycles. The van der Waals surface area contributed by atoms with E-state index in [1.807, 2.05) is 36.4 Å². The predicted molar refractivity (Wildman–Crippen MR) is 98.7 cm³/mol. The lowest BCUT2D eigenvalue weighted by atomic mass is 9.87. The minimum Gasteiger partial charge on any atom is -0.207 e. The van der Waals surface area contributed by atoms with Gasteiger partial charge in [-0.3, -0.25) is 0 Å². The van der Waals surface area contributed by atoms with Crippen LogP contribution in [0.25, 0.3) is 0 Å². The highest BCUT2D eigenvalue weighted by atomic mass is 35.5. The number of halogens is 2. The molecular weight excluding hydrogens is 319 g/mol. The highest BCUT2D eigenvalue weighted by molar-refractivity contribution is 6.30. The lowest BCUT2D eigenvalue weighted by Gasteiger charge is -2.17. The summed E-state index contributed by atoms with van der Waals surface area (Å²) in [5.74, 6) is 1.09. The van der Waals surface area contributed by atoms with Gasteiger partial charge in [-0.05, 0) is 60.2 Å². The van der Waals surface area contributed by atoms with Crippen molar-refractivity contribution in [3.8, 4) is 0 Å². The summed E-state index contributed by atoms with van der Waals surface area (Å²) in [6.07, 6.45) is 2.72. The third kappa shape index (κ3) is 4.69. The fourth-order valence-electron chi connectivity index (χ4n) is 2.85. The van der Waals surface area contributed by atoms with E-state index in [1.165, 1.54) is 29.2 Å². The summed E-state index contributed by atoms with van der Waals surface area (Å²) in [6.45, 7) is 0. The monoisotopic (exact) mass is 337 g/mol. The first-order chi connectivity index (χ1) is 11.7. The fraction of sp³-hybridized carbons (Fsp3) is 0.136. The zero-order valence-corrected chi connectivity index (χ0v) is 14.1. The van der Waals surface area contributed by atoms with E-state index < -0.39 is 0 Å². The van der Waals surface area contributed by atoms with Crippen molar-refractivity contribution in [2.24, 2.45) is 0 Å². The molecule has 0 aliphatic heterocycles. The highest BCUT2D eigenvalue weighted by Crippen LogP contribution is 2.26. The molecule has 3 aromatic rings. The Morgan fingerprint density at radius 2 is 1.50 bits per heavy atom. The fourth-order valence-corrected chi connectivity index (χ4v) is 3.07. The Labute approximate surface area is 147 Å². The van der Waals surface area contributed by atoms with E-state index in [-0.39, 0.29) is 5.82 Å². The molecule has 0 amide bonds. The van der Waals surface area contributed by atoms with E-state index in [9.17, 15) is 4.39 Å². The minimum absolute atomic E-state index is 0.205. The maximum atomic E-state index is 13.3. The molecule has 0 aliphatic rings. The summed E-state index contributed by atoms with van der Waals surface area (Å²) in [5, 5.41) is 0.744. The summed E-state index contributed by atoms with van der Waals surface area (Å²) in [4.78, 5) is 0. The van der Waals surface area contributed by atoms with Gasteiger partial charge < -0.3 is 0 Å². The van der Waals surface area contributed by atoms with Crippen LogP contribution in [0.15, 0.2) is 78.9 Å². The van der Waals surface area contributed by atoms with Gasteiger partial charge in [0.15, 0.2) is 0 Å². The van der Waals surface area contributed by atoms with Crippen molar-refractivity contribution in [1.29, 1.82) is 0 Å². The molecular formula is C22H19ClF. The van der Waals surface area contributed by atoms with Crippen LogP contribution in [0.4, 0.5) is 4.39 Å². The quantitative estimate of drug-likeness (QED) is 0.496. The normalized spacial score (nSPS) is 11.0. The summed E-state index contributed by atoms with van der Waals surface area (Å²) in [7, 11) is 0. The van der Waals surface area contributed by atoms with Gasteiger partial charge in [0.1, 0.15) is 5.82 Å². The molecule has 0 nitrogen and oxygen atoms in total. The van der Waals surface area contributed by atoms with Gasteiger partial charge in [-0.1, -0.05) is 66.2 Å². The lowest BCUT2D eigenvalue weighted by Crippen LogP contribution is -2.06. The molecule has 0 unspecified atom stereocenters. The second kappa shape index (κ2) is 8.12. The van der Waals surface area contributed by atoms with E-state index >= 15 is 0 Å². The Kier molecular flexibility index (Phi) is 5.66. The molecule has 0 N–H and O–H groups in total. The van der Waals surface area contributed by atoms with Crippen LogP contribution in [0.1, 0.15) is 23.1 Å². The van der Waals surface area contributed by atoms with Crippen LogP contribution in [0.3, 0.4) is 0 Å². The third-order valence-corrected chi connectivity index (χ3v) is 4.35. The SMILES string of the molecule is Fc1ccc([C](CCc2ccccc2)Cc2cccc(Cl)c2)cc1. The molecule has 0 saturated carbocycles. The van der Waals surface area contributed by atoms with Crippen LogP contribution < -0.4 is 0 Å².